The first kappa shape index (κ1) is 20.7. The van der Waals surface area contributed by atoms with E-state index in [1.807, 2.05) is 63.2 Å². The number of aryl methyl sites for hydroxylation is 2. The van der Waals surface area contributed by atoms with Crippen molar-refractivity contribution < 1.29 is 9.53 Å². The quantitative estimate of drug-likeness (QED) is 0.502. The Balaban J connectivity index is 1.45. The molecule has 158 valence electrons. The molecule has 0 aliphatic carbocycles. The van der Waals surface area contributed by atoms with Gasteiger partial charge in [-0.05, 0) is 43.5 Å². The number of hydrogen-bond acceptors (Lipinski definition) is 6. The van der Waals surface area contributed by atoms with E-state index in [2.05, 4.69) is 15.4 Å². The molecule has 8 heteroatoms. The summed E-state index contributed by atoms with van der Waals surface area (Å²) in [7, 11) is 0. The Kier molecular flexibility index (Phi) is 5.81. The summed E-state index contributed by atoms with van der Waals surface area (Å²) in [6, 6.07) is 15.0. The van der Waals surface area contributed by atoms with Gasteiger partial charge in [-0.25, -0.2) is 4.98 Å². The van der Waals surface area contributed by atoms with Crippen LogP contribution >= 0.6 is 11.3 Å². The number of nitrogens with one attached hydrogen (secondary N) is 1. The van der Waals surface area contributed by atoms with Crippen LogP contribution in [0, 0.1) is 20.8 Å². The second kappa shape index (κ2) is 8.69. The van der Waals surface area contributed by atoms with Gasteiger partial charge in [0.25, 0.3) is 11.5 Å². The third-order valence-corrected chi connectivity index (χ3v) is 6.00. The molecule has 7 nitrogen and oxygen atoms in total. The van der Waals surface area contributed by atoms with Gasteiger partial charge >= 0.3 is 0 Å². The molecule has 2 aromatic heterocycles. The summed E-state index contributed by atoms with van der Waals surface area (Å²) < 4.78 is 6.91. The van der Waals surface area contributed by atoms with Crippen molar-refractivity contribution in [2.45, 2.75) is 27.3 Å². The SMILES string of the molecule is Cc1ccccc1-c1nn2c(=O)cc(CNC(=O)COc3cccc(C)c3C)nc2s1. The number of amides is 1. The smallest absolute Gasteiger partial charge is 0.275 e. The Morgan fingerprint density at radius 2 is 1.87 bits per heavy atom. The van der Waals surface area contributed by atoms with Crippen molar-refractivity contribution in [1.29, 1.82) is 0 Å². The predicted octanol–water partition coefficient (Wildman–Crippen LogP) is 3.44. The van der Waals surface area contributed by atoms with Gasteiger partial charge in [0.05, 0.1) is 12.2 Å². The van der Waals surface area contributed by atoms with Crippen LogP contribution in [0.5, 0.6) is 5.75 Å². The molecule has 0 fully saturated rings. The molecule has 4 aromatic rings. The van der Waals surface area contributed by atoms with E-state index in [0.29, 0.717) is 16.4 Å². The lowest BCUT2D eigenvalue weighted by atomic mass is 10.1. The summed E-state index contributed by atoms with van der Waals surface area (Å²) in [5.74, 6) is 0.397. The first-order chi connectivity index (χ1) is 14.9. The van der Waals surface area contributed by atoms with Gasteiger partial charge in [-0.1, -0.05) is 47.7 Å². The molecule has 4 rings (SSSR count). The molecule has 2 heterocycles. The van der Waals surface area contributed by atoms with E-state index in [1.54, 1.807) is 0 Å². The van der Waals surface area contributed by atoms with E-state index in [9.17, 15) is 9.59 Å². The molecule has 1 amide bonds. The number of ether oxygens (including phenoxy) is 1. The maximum atomic E-state index is 12.5. The van der Waals surface area contributed by atoms with E-state index < -0.39 is 0 Å². The summed E-state index contributed by atoms with van der Waals surface area (Å²) in [5, 5.41) is 7.89. The normalized spacial score (nSPS) is 10.9. The number of hydrogen-bond donors (Lipinski definition) is 1. The largest absolute Gasteiger partial charge is 0.483 e. The lowest BCUT2D eigenvalue weighted by Gasteiger charge is -2.10. The average molecular weight is 435 g/mol. The molecule has 31 heavy (non-hydrogen) atoms. The minimum Gasteiger partial charge on any atom is -0.483 e. The predicted molar refractivity (Wildman–Crippen MR) is 121 cm³/mol. The molecule has 0 bridgehead atoms. The lowest BCUT2D eigenvalue weighted by Crippen LogP contribution is -2.29. The number of fused-ring (bicyclic) bond motifs is 1. The summed E-state index contributed by atoms with van der Waals surface area (Å²) >= 11 is 1.34. The van der Waals surface area contributed by atoms with Crippen LogP contribution < -0.4 is 15.6 Å². The molecular formula is C23H22N4O3S. The lowest BCUT2D eigenvalue weighted by molar-refractivity contribution is -0.123. The maximum Gasteiger partial charge on any atom is 0.275 e. The van der Waals surface area contributed by atoms with Gasteiger partial charge in [0.2, 0.25) is 4.96 Å². The number of nitrogens with zero attached hydrogens (tertiary/aromatic N) is 3. The van der Waals surface area contributed by atoms with E-state index >= 15 is 0 Å². The van der Waals surface area contributed by atoms with E-state index in [4.69, 9.17) is 4.74 Å². The van der Waals surface area contributed by atoms with Crippen molar-refractivity contribution >= 4 is 22.2 Å². The highest BCUT2D eigenvalue weighted by molar-refractivity contribution is 7.19. The van der Waals surface area contributed by atoms with Crippen LogP contribution in [0.3, 0.4) is 0 Å². The zero-order valence-corrected chi connectivity index (χ0v) is 18.3. The second-order valence-electron chi connectivity index (χ2n) is 7.27. The third-order valence-electron chi connectivity index (χ3n) is 5.05. The fraction of sp³-hybridized carbons (Fsp3) is 0.217. The van der Waals surface area contributed by atoms with Crippen molar-refractivity contribution in [2.24, 2.45) is 0 Å². The molecule has 0 saturated heterocycles. The number of benzene rings is 2. The maximum absolute atomic E-state index is 12.5. The van der Waals surface area contributed by atoms with Crippen molar-refractivity contribution in [1.82, 2.24) is 19.9 Å². The first-order valence-electron chi connectivity index (χ1n) is 9.84. The van der Waals surface area contributed by atoms with Gasteiger partial charge < -0.3 is 10.1 Å². The number of rotatable bonds is 6. The third kappa shape index (κ3) is 4.49. The number of carbonyl (C=O) groups is 1. The fourth-order valence-corrected chi connectivity index (χ4v) is 4.15. The Hall–Kier alpha value is -3.52. The molecule has 0 spiro atoms. The molecular weight excluding hydrogens is 412 g/mol. The van der Waals surface area contributed by atoms with Crippen LogP contribution in [-0.4, -0.2) is 27.1 Å². The van der Waals surface area contributed by atoms with Gasteiger partial charge in [-0.3, -0.25) is 9.59 Å². The molecule has 0 radical (unpaired) electrons. The van der Waals surface area contributed by atoms with Gasteiger partial charge in [-0.2, -0.15) is 9.61 Å². The summed E-state index contributed by atoms with van der Waals surface area (Å²) in [6.07, 6.45) is 0. The van der Waals surface area contributed by atoms with Crippen molar-refractivity contribution in [3.63, 3.8) is 0 Å². The highest BCUT2D eigenvalue weighted by Crippen LogP contribution is 2.27. The molecule has 1 N–H and O–H groups in total. The van der Waals surface area contributed by atoms with E-state index in [0.717, 1.165) is 27.3 Å². The monoisotopic (exact) mass is 434 g/mol. The molecule has 0 saturated carbocycles. The topological polar surface area (TPSA) is 85.6 Å². The summed E-state index contributed by atoms with van der Waals surface area (Å²) in [4.78, 5) is 29.7. The Morgan fingerprint density at radius 1 is 1.10 bits per heavy atom. The van der Waals surface area contributed by atoms with Gasteiger partial charge in [0, 0.05) is 11.6 Å². The van der Waals surface area contributed by atoms with Crippen LogP contribution in [0.25, 0.3) is 15.5 Å². The average Bonchev–Trinajstić information content (AvgIpc) is 3.18. The van der Waals surface area contributed by atoms with Crippen LogP contribution in [0.15, 0.2) is 53.3 Å². The van der Waals surface area contributed by atoms with Gasteiger partial charge in [0.15, 0.2) is 6.61 Å². The zero-order valence-electron chi connectivity index (χ0n) is 17.5. The Morgan fingerprint density at radius 3 is 2.68 bits per heavy atom. The zero-order chi connectivity index (χ0) is 22.0. The standard InChI is InChI=1S/C23H22N4O3S/c1-14-8-6-10-19(16(14)3)30-13-20(28)24-12-17-11-21(29)27-23(25-17)31-22(26-27)18-9-5-4-7-15(18)2/h4-11H,12-13H2,1-3H3,(H,24,28). The molecule has 2 aromatic carbocycles. The van der Waals surface area contributed by atoms with Crippen LogP contribution in [0.2, 0.25) is 0 Å². The second-order valence-corrected chi connectivity index (χ2v) is 8.22. The van der Waals surface area contributed by atoms with Crippen molar-refractivity contribution in [3.8, 4) is 16.3 Å². The number of aromatic nitrogens is 3. The Bertz CT molecular complexity index is 1330. The van der Waals surface area contributed by atoms with Crippen LogP contribution in [0.1, 0.15) is 22.4 Å². The highest BCUT2D eigenvalue weighted by atomic mass is 32.1. The fourth-order valence-electron chi connectivity index (χ4n) is 3.13. The first-order valence-corrected chi connectivity index (χ1v) is 10.7. The minimum absolute atomic E-state index is 0.108. The van der Waals surface area contributed by atoms with E-state index in [1.165, 1.54) is 21.9 Å². The number of carbonyl (C=O) groups excluding carboxylic acids is 1. The van der Waals surface area contributed by atoms with Crippen LogP contribution in [-0.2, 0) is 11.3 Å². The molecule has 0 atom stereocenters. The van der Waals surface area contributed by atoms with E-state index in [-0.39, 0.29) is 24.6 Å². The molecule has 0 unspecified atom stereocenters. The van der Waals surface area contributed by atoms with Crippen molar-refractivity contribution in [3.05, 3.63) is 81.3 Å². The molecule has 0 aliphatic rings. The molecule has 0 aliphatic heterocycles. The highest BCUT2D eigenvalue weighted by Gasteiger charge is 2.13. The summed E-state index contributed by atoms with van der Waals surface area (Å²) in [6.45, 7) is 5.97. The van der Waals surface area contributed by atoms with Gasteiger partial charge in [-0.15, -0.1) is 0 Å². The van der Waals surface area contributed by atoms with Crippen LogP contribution in [0.4, 0.5) is 0 Å². The van der Waals surface area contributed by atoms with Crippen molar-refractivity contribution in [2.75, 3.05) is 6.61 Å². The van der Waals surface area contributed by atoms with Gasteiger partial charge in [0.1, 0.15) is 10.8 Å². The minimum atomic E-state index is -0.284. The Labute approximate surface area is 183 Å². The summed E-state index contributed by atoms with van der Waals surface area (Å²) in [5.41, 5.74) is 4.35.